The molecule has 0 atom stereocenters. The fourth-order valence-corrected chi connectivity index (χ4v) is 0. The quantitative estimate of drug-likeness (QED) is 0.294. The van der Waals surface area contributed by atoms with E-state index in [9.17, 15) is 0 Å². The summed E-state index contributed by atoms with van der Waals surface area (Å²) >= 11 is 4.19. The molecule has 0 aromatic heterocycles. The molecule has 4 heteroatoms. The van der Waals surface area contributed by atoms with Gasteiger partial charge in [-0.15, -0.1) is 0 Å². The molecule has 0 aliphatic heterocycles. The van der Waals surface area contributed by atoms with Crippen LogP contribution in [0.3, 0.4) is 0 Å². The van der Waals surface area contributed by atoms with Crippen LogP contribution in [0.4, 0.5) is 0 Å². The van der Waals surface area contributed by atoms with Crippen molar-refractivity contribution < 1.29 is 29.7 Å². The van der Waals surface area contributed by atoms with Gasteiger partial charge in [0.15, 0.2) is 0 Å². The van der Waals surface area contributed by atoms with Gasteiger partial charge in [0.2, 0.25) is 0 Å². The van der Waals surface area contributed by atoms with Gasteiger partial charge in [0.1, 0.15) is 0 Å². The van der Waals surface area contributed by atoms with E-state index in [4.69, 9.17) is 0 Å². The Morgan fingerprint density at radius 3 is 1.40 bits per heavy atom. The number of quaternary nitrogens is 1. The Kier molecular flexibility index (Phi) is 113. The van der Waals surface area contributed by atoms with E-state index >= 15 is 0 Å². The largest absolute Gasteiger partial charge is 1.00 e. The van der Waals surface area contributed by atoms with Crippen LogP contribution < -0.4 is 29.7 Å². The second-order valence-electron chi connectivity index (χ2n) is 0. The zero-order valence-electron chi connectivity index (χ0n) is 2.96. The summed E-state index contributed by atoms with van der Waals surface area (Å²) < 4.78 is 0. The van der Waals surface area contributed by atoms with Gasteiger partial charge in [0.25, 0.3) is 0 Å². The Hall–Kier alpha value is 2.09. The molecule has 0 rings (SSSR count). The fourth-order valence-electron chi connectivity index (χ4n) is 0. The van der Waals surface area contributed by atoms with Gasteiger partial charge < -0.3 is 29.7 Å². The second kappa shape index (κ2) is 36.1. The third-order valence-electron chi connectivity index (χ3n) is 0. The summed E-state index contributed by atoms with van der Waals surface area (Å²) in [4.78, 5) is 0. The normalized spacial score (nSPS) is 2.40. The third kappa shape index (κ3) is 23.3. The first kappa shape index (κ1) is 15.7. The van der Waals surface area contributed by atoms with E-state index in [1.54, 1.807) is 7.05 Å². The standard InChI is InChI=1S/CH5N.BrH.HI.Pb/c1-2;;;/h2H2,1H3;2*1H;/q;;;+1/p-1. The summed E-state index contributed by atoms with van der Waals surface area (Å²) in [7, 11) is 1.75. The van der Waals surface area contributed by atoms with Crippen molar-refractivity contribution in [1.29, 1.82) is 0 Å². The van der Waals surface area contributed by atoms with E-state index in [-0.39, 0.29) is 24.0 Å². The van der Waals surface area contributed by atoms with Crippen molar-refractivity contribution in [3.8, 4) is 0 Å². The molecule has 0 spiro atoms. The van der Waals surface area contributed by atoms with Crippen LogP contribution in [0.25, 0.3) is 0 Å². The van der Waals surface area contributed by atoms with Crippen molar-refractivity contribution >= 4 is 35.3 Å². The van der Waals surface area contributed by atoms with Gasteiger partial charge in [-0.3, -0.25) is 0 Å². The summed E-state index contributed by atoms with van der Waals surface area (Å²) in [5, 5.41) is 0. The molecule has 0 bridgehead atoms. The van der Waals surface area contributed by atoms with E-state index < -0.39 is 0 Å². The predicted molar refractivity (Wildman–Crippen MR) is 23.5 cm³/mol. The van der Waals surface area contributed by atoms with Gasteiger partial charge in [0.05, 0.1) is 7.05 Å². The molecule has 0 unspecified atom stereocenters. The first-order chi connectivity index (χ1) is 2.00. The summed E-state index contributed by atoms with van der Waals surface area (Å²) in [5.41, 5.74) is 3.25. The van der Waals surface area contributed by atoms with Crippen LogP contribution in [-0.2, 0) is 0 Å². The predicted octanol–water partition coefficient (Wildman–Crippen LogP) is -3.67. The minimum absolute atomic E-state index is 0. The summed E-state index contributed by atoms with van der Waals surface area (Å²) in [6, 6.07) is 0. The average Bonchev–Trinajstić information content (AvgIpc) is 1.50. The zero-order valence-corrected chi connectivity index (χ0v) is 10.6. The molecule has 1 nitrogen and oxygen atoms in total. The van der Waals surface area contributed by atoms with Gasteiger partial charge >= 0.3 is 35.3 Å². The molecule has 3 N–H and O–H groups in total. The zero-order chi connectivity index (χ0) is 4.00. The summed E-state index contributed by atoms with van der Waals surface area (Å²) in [6.45, 7) is 0. The van der Waals surface area contributed by atoms with Crippen LogP contribution >= 0.6 is 12.0 Å². The SMILES string of the molecule is C[NH3+].[Br][Pb].[I-]. The van der Waals surface area contributed by atoms with Gasteiger partial charge in [0, 0.05) is 0 Å². The van der Waals surface area contributed by atoms with E-state index in [1.165, 1.54) is 0 Å². The molecule has 33 valence electrons. The van der Waals surface area contributed by atoms with E-state index in [0.29, 0.717) is 0 Å². The monoisotopic (exact) mass is 446 g/mol. The van der Waals surface area contributed by atoms with Gasteiger partial charge in [-0.25, -0.2) is 0 Å². The topological polar surface area (TPSA) is 27.6 Å². The molecule has 0 saturated carbocycles. The first-order valence-corrected chi connectivity index (χ1v) is 9.32. The van der Waals surface area contributed by atoms with Crippen molar-refractivity contribution in [2.45, 2.75) is 0 Å². The van der Waals surface area contributed by atoms with Crippen molar-refractivity contribution in [3.63, 3.8) is 0 Å². The number of hydrogen-bond donors (Lipinski definition) is 1. The Labute approximate surface area is 71.1 Å². The summed E-state index contributed by atoms with van der Waals surface area (Å²) in [6.07, 6.45) is 0. The van der Waals surface area contributed by atoms with Crippen LogP contribution in [0.5, 0.6) is 0 Å². The average molecular weight is 446 g/mol. The molecule has 0 amide bonds. The molecule has 0 aromatic carbocycles. The van der Waals surface area contributed by atoms with Crippen LogP contribution in [0, 0.1) is 0 Å². The second-order valence-corrected chi connectivity index (χ2v) is 0. The van der Waals surface area contributed by atoms with E-state index in [1.807, 2.05) is 0 Å². The van der Waals surface area contributed by atoms with E-state index in [0.717, 1.165) is 23.4 Å². The van der Waals surface area contributed by atoms with Crippen molar-refractivity contribution in [2.75, 3.05) is 7.05 Å². The molecular formula is CH6BrINPb. The molecule has 0 saturated heterocycles. The van der Waals surface area contributed by atoms with Crippen LogP contribution in [0.1, 0.15) is 0 Å². The van der Waals surface area contributed by atoms with Gasteiger partial charge in [-0.1, -0.05) is 0 Å². The molecular weight excluding hydrogens is 440 g/mol. The Bertz CT molecular complexity index is 11.6. The third-order valence-corrected chi connectivity index (χ3v) is 0. The van der Waals surface area contributed by atoms with Crippen molar-refractivity contribution in [2.24, 2.45) is 0 Å². The fraction of sp³-hybridized carbons (Fsp3) is 1.00. The number of rotatable bonds is 0. The maximum absolute atomic E-state index is 3.25. The maximum atomic E-state index is 3.25. The minimum Gasteiger partial charge on any atom is -1.00 e. The van der Waals surface area contributed by atoms with Crippen LogP contribution in [-0.4, -0.2) is 30.4 Å². The molecule has 0 fully saturated rings. The van der Waals surface area contributed by atoms with E-state index in [2.05, 4.69) is 17.7 Å². The Morgan fingerprint density at radius 2 is 1.40 bits per heavy atom. The smallest absolute Gasteiger partial charge is 1.00 e. The molecule has 0 heterocycles. The molecule has 0 aromatic rings. The number of hydrogen-bond acceptors (Lipinski definition) is 0. The van der Waals surface area contributed by atoms with Crippen LogP contribution in [0.2, 0.25) is 0 Å². The van der Waals surface area contributed by atoms with Gasteiger partial charge in [-0.2, -0.15) is 0 Å². The van der Waals surface area contributed by atoms with Crippen molar-refractivity contribution in [1.82, 2.24) is 0 Å². The van der Waals surface area contributed by atoms with Gasteiger partial charge in [-0.05, 0) is 0 Å². The number of halogens is 2. The van der Waals surface area contributed by atoms with Crippen LogP contribution in [0.15, 0.2) is 0 Å². The Morgan fingerprint density at radius 1 is 1.40 bits per heavy atom. The minimum atomic E-state index is 0. The Balaban J connectivity index is -0.0000000133. The molecule has 3 radical (unpaired) electrons. The first-order valence-electron chi connectivity index (χ1n) is 0.896. The molecule has 0 aliphatic rings. The maximum Gasteiger partial charge on any atom is -1.00 e. The molecule has 5 heavy (non-hydrogen) atoms. The van der Waals surface area contributed by atoms with Crippen molar-refractivity contribution in [3.05, 3.63) is 0 Å². The molecule has 0 aliphatic carbocycles. The summed E-state index contributed by atoms with van der Waals surface area (Å²) in [5.74, 6) is 0.